The molecular formula is C42H29N. The molecule has 0 N–H and O–H groups in total. The van der Waals surface area contributed by atoms with Crippen LogP contribution in [-0.4, -0.2) is 0 Å². The van der Waals surface area contributed by atoms with Gasteiger partial charge < -0.3 is 4.90 Å². The number of fused-ring (bicyclic) bond motifs is 6. The van der Waals surface area contributed by atoms with Crippen LogP contribution in [0.25, 0.3) is 55.2 Å². The first-order chi connectivity index (χ1) is 22.2. The number of nitrogens with zero attached hydrogens (tertiary/aromatic N) is 1. The Balaban J connectivity index is 1.27. The van der Waals surface area contributed by atoms with E-state index in [-0.39, 0.29) is 12.1 Å². The van der Waals surface area contributed by atoms with Gasteiger partial charge in [0.15, 0.2) is 0 Å². The lowest BCUT2D eigenvalue weighted by atomic mass is 9.96. The summed E-state index contributed by atoms with van der Waals surface area (Å²) >= 11 is 0. The van der Waals surface area contributed by atoms with Gasteiger partial charge in [-0.05, 0) is 85.2 Å². The summed E-state index contributed by atoms with van der Waals surface area (Å²) in [5, 5.41) is 9.10. The molecule has 0 aliphatic carbocycles. The standard InChI is InChI=1S/C42H29N/c1-2-14-34(15-3-1)43(42-29-32-13-5-7-17-37(32)40-20-10-11-21-41(40)42)35-26-23-30(24-27-35)22-25-33-28-31-12-4-6-16-36(31)39-19-9-8-18-38(33)39/h1-29H/b25-22+/i22D,25D. The SMILES string of the molecule is [2H]/C(=C(/[2H])c1cc2ccccc2c2ccccc12)c1ccc(N(c2ccccc2)c2cc3ccccc3c3ccccc23)cc1. The molecule has 202 valence electrons. The normalized spacial score (nSPS) is 12.7. The van der Waals surface area contributed by atoms with Gasteiger partial charge in [0.05, 0.1) is 8.43 Å². The highest BCUT2D eigenvalue weighted by Crippen LogP contribution is 2.42. The predicted molar refractivity (Wildman–Crippen MR) is 187 cm³/mol. The van der Waals surface area contributed by atoms with Gasteiger partial charge in [-0.25, -0.2) is 0 Å². The van der Waals surface area contributed by atoms with Gasteiger partial charge in [0.2, 0.25) is 0 Å². The Morgan fingerprint density at radius 1 is 0.395 bits per heavy atom. The highest BCUT2D eigenvalue weighted by Gasteiger charge is 2.17. The Labute approximate surface area is 254 Å². The summed E-state index contributed by atoms with van der Waals surface area (Å²) in [6, 6.07) is 56.7. The Morgan fingerprint density at radius 3 is 1.56 bits per heavy atom. The summed E-state index contributed by atoms with van der Waals surface area (Å²) in [6.07, 6.45) is 0. The third-order valence-corrected chi connectivity index (χ3v) is 8.24. The molecule has 0 atom stereocenters. The van der Waals surface area contributed by atoms with E-state index in [1.54, 1.807) is 0 Å². The third kappa shape index (κ3) is 4.52. The predicted octanol–water partition coefficient (Wildman–Crippen LogP) is 11.9. The Kier molecular flexibility index (Phi) is 5.68. The van der Waals surface area contributed by atoms with E-state index in [4.69, 9.17) is 2.74 Å². The molecule has 0 unspecified atom stereocenters. The van der Waals surface area contributed by atoms with Gasteiger partial charge in [0, 0.05) is 16.8 Å². The maximum Gasteiger partial charge on any atom is 0.0629 e. The average Bonchev–Trinajstić information content (AvgIpc) is 3.11. The maximum atomic E-state index is 9.17. The van der Waals surface area contributed by atoms with Crippen LogP contribution in [0.4, 0.5) is 17.1 Å². The highest BCUT2D eigenvalue weighted by atomic mass is 15.1. The van der Waals surface area contributed by atoms with Crippen molar-refractivity contribution in [1.29, 1.82) is 0 Å². The van der Waals surface area contributed by atoms with Crippen LogP contribution < -0.4 is 4.90 Å². The van der Waals surface area contributed by atoms with Crippen LogP contribution in [0.2, 0.25) is 0 Å². The molecule has 0 aliphatic heterocycles. The fraction of sp³-hybridized carbons (Fsp3) is 0. The van der Waals surface area contributed by atoms with E-state index in [2.05, 4.69) is 114 Å². The van der Waals surface area contributed by atoms with Gasteiger partial charge in [-0.15, -0.1) is 0 Å². The molecule has 8 rings (SSSR count). The molecule has 0 saturated heterocycles. The minimum Gasteiger partial charge on any atom is -0.310 e. The van der Waals surface area contributed by atoms with E-state index >= 15 is 0 Å². The number of hydrogen-bond donors (Lipinski definition) is 0. The van der Waals surface area contributed by atoms with E-state index in [0.717, 1.165) is 44.2 Å². The molecule has 1 heteroatoms. The van der Waals surface area contributed by atoms with Crippen molar-refractivity contribution in [2.75, 3.05) is 4.90 Å². The number of rotatable bonds is 5. The maximum absolute atomic E-state index is 9.17. The summed E-state index contributed by atoms with van der Waals surface area (Å²) in [5.41, 5.74) is 4.61. The van der Waals surface area contributed by atoms with Crippen molar-refractivity contribution in [1.82, 2.24) is 0 Å². The first-order valence-electron chi connectivity index (χ1n) is 15.6. The monoisotopic (exact) mass is 549 g/mol. The molecule has 8 aromatic carbocycles. The molecule has 0 aliphatic rings. The number of anilines is 3. The molecule has 0 saturated carbocycles. The molecule has 1 nitrogen and oxygen atoms in total. The molecule has 0 amide bonds. The Bertz CT molecular complexity index is 2390. The van der Waals surface area contributed by atoms with Crippen molar-refractivity contribution < 1.29 is 2.74 Å². The van der Waals surface area contributed by atoms with Gasteiger partial charge in [0.1, 0.15) is 0 Å². The van der Waals surface area contributed by atoms with Crippen molar-refractivity contribution in [2.24, 2.45) is 0 Å². The van der Waals surface area contributed by atoms with Gasteiger partial charge in [-0.3, -0.25) is 0 Å². The van der Waals surface area contributed by atoms with Crippen LogP contribution in [0.1, 0.15) is 13.9 Å². The average molecular weight is 550 g/mol. The molecule has 0 radical (unpaired) electrons. The summed E-state index contributed by atoms with van der Waals surface area (Å²) in [7, 11) is 0. The number of para-hydroxylation sites is 1. The smallest absolute Gasteiger partial charge is 0.0629 e. The van der Waals surface area contributed by atoms with E-state index in [1.165, 1.54) is 21.5 Å². The van der Waals surface area contributed by atoms with E-state index < -0.39 is 0 Å². The van der Waals surface area contributed by atoms with Crippen LogP contribution >= 0.6 is 0 Å². The molecule has 0 aromatic heterocycles. The largest absolute Gasteiger partial charge is 0.310 e. The molecule has 43 heavy (non-hydrogen) atoms. The van der Waals surface area contributed by atoms with Crippen molar-refractivity contribution >= 4 is 72.3 Å². The minimum atomic E-state index is 0.199. The first kappa shape index (κ1) is 23.0. The van der Waals surface area contributed by atoms with Crippen LogP contribution in [0, 0.1) is 0 Å². The second-order valence-electron chi connectivity index (χ2n) is 10.8. The lowest BCUT2D eigenvalue weighted by Gasteiger charge is -2.27. The molecule has 8 aromatic rings. The zero-order valence-corrected chi connectivity index (χ0v) is 23.5. The lowest BCUT2D eigenvalue weighted by Crippen LogP contribution is -2.10. The van der Waals surface area contributed by atoms with Crippen LogP contribution in [0.3, 0.4) is 0 Å². The van der Waals surface area contributed by atoms with Crippen molar-refractivity contribution in [2.45, 2.75) is 0 Å². The van der Waals surface area contributed by atoms with Crippen LogP contribution in [-0.2, 0) is 0 Å². The number of hydrogen-bond acceptors (Lipinski definition) is 1. The third-order valence-electron chi connectivity index (χ3n) is 8.24. The second kappa shape index (κ2) is 10.6. The molecule has 0 spiro atoms. The summed E-state index contributed by atoms with van der Waals surface area (Å²) in [4.78, 5) is 2.28. The zero-order chi connectivity index (χ0) is 30.3. The van der Waals surface area contributed by atoms with Crippen molar-refractivity contribution in [3.8, 4) is 0 Å². The van der Waals surface area contributed by atoms with Gasteiger partial charge in [0.25, 0.3) is 0 Å². The van der Waals surface area contributed by atoms with E-state index in [0.29, 0.717) is 5.56 Å². The fourth-order valence-corrected chi connectivity index (χ4v) is 6.21. The second-order valence-corrected chi connectivity index (χ2v) is 10.8. The van der Waals surface area contributed by atoms with Gasteiger partial charge in [-0.1, -0.05) is 139 Å². The summed E-state index contributed by atoms with van der Waals surface area (Å²) < 4.78 is 18.3. The molecule has 0 fully saturated rings. The van der Waals surface area contributed by atoms with Gasteiger partial charge in [-0.2, -0.15) is 0 Å². The topological polar surface area (TPSA) is 3.24 Å². The Hall–Kier alpha value is -5.66. The first-order valence-corrected chi connectivity index (χ1v) is 14.6. The number of benzene rings is 8. The lowest BCUT2D eigenvalue weighted by molar-refractivity contribution is 1.30. The van der Waals surface area contributed by atoms with E-state index in [1.807, 2.05) is 54.6 Å². The summed E-state index contributed by atoms with van der Waals surface area (Å²) in [6.45, 7) is 0. The quantitative estimate of drug-likeness (QED) is 0.152. The molecule has 0 bridgehead atoms. The highest BCUT2D eigenvalue weighted by molar-refractivity contribution is 6.15. The minimum absolute atomic E-state index is 0.199. The van der Waals surface area contributed by atoms with Crippen molar-refractivity contribution in [3.63, 3.8) is 0 Å². The van der Waals surface area contributed by atoms with Crippen molar-refractivity contribution in [3.05, 3.63) is 175 Å². The van der Waals surface area contributed by atoms with Gasteiger partial charge >= 0.3 is 0 Å². The van der Waals surface area contributed by atoms with Crippen LogP contribution in [0.5, 0.6) is 0 Å². The molecule has 0 heterocycles. The fourth-order valence-electron chi connectivity index (χ4n) is 6.21. The van der Waals surface area contributed by atoms with E-state index in [9.17, 15) is 0 Å². The zero-order valence-electron chi connectivity index (χ0n) is 25.5. The summed E-state index contributed by atoms with van der Waals surface area (Å²) in [5.74, 6) is 0. The molecular weight excluding hydrogens is 518 g/mol. The Morgan fingerprint density at radius 2 is 0.884 bits per heavy atom. The van der Waals surface area contributed by atoms with Crippen LogP contribution in [0.15, 0.2) is 164 Å².